The maximum atomic E-state index is 3.41. The Morgan fingerprint density at radius 2 is 1.24 bits per heavy atom. The van der Waals surface area contributed by atoms with Crippen molar-refractivity contribution in [1.29, 1.82) is 0 Å². The van der Waals surface area contributed by atoms with Gasteiger partial charge in [0.05, 0.1) is 8.07 Å². The van der Waals surface area contributed by atoms with Crippen molar-refractivity contribution in [2.24, 2.45) is 0 Å². The molecule has 3 rings (SSSR count). The molecule has 0 N–H and O–H groups in total. The van der Waals surface area contributed by atoms with Crippen LogP contribution in [0.1, 0.15) is 87.1 Å². The monoisotopic (exact) mass is 622 g/mol. The van der Waals surface area contributed by atoms with Crippen LogP contribution >= 0.6 is 22.7 Å². The van der Waals surface area contributed by atoms with E-state index in [1.54, 1.807) is 25.3 Å². The van der Waals surface area contributed by atoms with Crippen molar-refractivity contribution in [2.45, 2.75) is 117 Å². The predicted octanol–water partition coefficient (Wildman–Crippen LogP) is 10.1. The molecule has 0 amide bonds. The van der Waals surface area contributed by atoms with Gasteiger partial charge in [0.15, 0.2) is 0 Å². The molecule has 218 valence electrons. The van der Waals surface area contributed by atoms with Crippen LogP contribution in [0.4, 0.5) is 0 Å². The molecule has 2 aromatic rings. The van der Waals surface area contributed by atoms with Crippen molar-refractivity contribution in [3.05, 3.63) is 79.9 Å². The first-order chi connectivity index (χ1) is 20.1. The topological polar surface area (TPSA) is 0 Å². The smallest absolute Gasteiger partial charge is 0.117 e. The van der Waals surface area contributed by atoms with Crippen molar-refractivity contribution in [2.75, 3.05) is 0 Å². The molecule has 0 atom stereocenters. The van der Waals surface area contributed by atoms with Gasteiger partial charge in [-0.15, -0.1) is 22.7 Å². The Hall–Kier alpha value is -2.63. The van der Waals surface area contributed by atoms with Crippen LogP contribution in [0.25, 0.3) is 15.8 Å². The molecular weight excluding hydrogens is 577 g/mol. The largest absolute Gasteiger partial charge is 0.144 e. The summed E-state index contributed by atoms with van der Waals surface area (Å²) in [6.07, 6.45) is 17.3. The van der Waals surface area contributed by atoms with Gasteiger partial charge in [0.25, 0.3) is 0 Å². The molecule has 4 heteroatoms. The van der Waals surface area contributed by atoms with Crippen LogP contribution in [0.2, 0.25) is 32.7 Å². The molecule has 0 aliphatic carbocycles. The van der Waals surface area contributed by atoms with Crippen molar-refractivity contribution >= 4 is 59.8 Å². The number of hydrogen-bond donors (Lipinski definition) is 0. The molecule has 0 spiro atoms. The minimum absolute atomic E-state index is 1.26. The van der Waals surface area contributed by atoms with Crippen LogP contribution in [0.3, 0.4) is 0 Å². The zero-order chi connectivity index (χ0) is 30.6. The van der Waals surface area contributed by atoms with Crippen LogP contribution in [0, 0.1) is 6.92 Å². The molecule has 0 fully saturated rings. The quantitative estimate of drug-likeness (QED) is 0.118. The molecule has 42 heavy (non-hydrogen) atoms. The Kier molecular flexibility index (Phi) is 13.1. The average Bonchev–Trinajstić information content (AvgIpc) is 3.55. The zero-order valence-corrected chi connectivity index (χ0v) is 30.5. The van der Waals surface area contributed by atoms with E-state index in [0.717, 1.165) is 0 Å². The zero-order valence-electron chi connectivity index (χ0n) is 26.9. The van der Waals surface area contributed by atoms with Gasteiger partial charge < -0.3 is 0 Å². The van der Waals surface area contributed by atoms with Crippen LogP contribution in [0.5, 0.6) is 0 Å². The fraction of sp³-hybridized carbons (Fsp3) is 0.474. The summed E-state index contributed by atoms with van der Waals surface area (Å²) in [4.78, 5) is 4.50. The van der Waals surface area contributed by atoms with Crippen LogP contribution < -0.4 is 14.9 Å². The van der Waals surface area contributed by atoms with E-state index >= 15 is 0 Å². The van der Waals surface area contributed by atoms with E-state index in [1.165, 1.54) is 85.9 Å². The third-order valence-electron chi connectivity index (χ3n) is 7.87. The lowest BCUT2D eigenvalue weighted by atomic mass is 10.0. The number of rotatable bonds is 13. The summed E-state index contributed by atoms with van der Waals surface area (Å²) < 4.78 is 1.76. The Morgan fingerprint density at radius 1 is 0.714 bits per heavy atom. The van der Waals surface area contributed by atoms with E-state index in [4.69, 9.17) is 0 Å². The molecule has 0 aromatic carbocycles. The molecule has 0 saturated carbocycles. The third kappa shape index (κ3) is 8.70. The van der Waals surface area contributed by atoms with Crippen LogP contribution in [-0.4, -0.2) is 16.1 Å². The molecular formula is C38H46S2Si2. The highest BCUT2D eigenvalue weighted by Gasteiger charge is 2.46. The molecule has 0 saturated heterocycles. The number of thiophene rings is 2. The van der Waals surface area contributed by atoms with Gasteiger partial charge in [0.1, 0.15) is 8.07 Å². The van der Waals surface area contributed by atoms with E-state index in [2.05, 4.69) is 128 Å². The van der Waals surface area contributed by atoms with Gasteiger partial charge in [-0.05, 0) is 104 Å². The van der Waals surface area contributed by atoms with Crippen molar-refractivity contribution < 1.29 is 0 Å². The Morgan fingerprint density at radius 3 is 1.81 bits per heavy atom. The van der Waals surface area contributed by atoms with E-state index < -0.39 is 16.1 Å². The highest BCUT2D eigenvalue weighted by molar-refractivity contribution is 7.35. The Bertz CT molecular complexity index is 1650. The first-order valence-corrected chi connectivity index (χ1v) is 23.7. The Labute approximate surface area is 265 Å². The molecule has 0 nitrogen and oxygen atoms in total. The van der Waals surface area contributed by atoms with Gasteiger partial charge in [0, 0.05) is 14.6 Å². The van der Waals surface area contributed by atoms with Gasteiger partial charge in [-0.25, -0.2) is 0 Å². The maximum absolute atomic E-state index is 3.41. The number of fused-ring (bicyclic) bond motifs is 3. The minimum atomic E-state index is -1.85. The number of unbranched alkanes of at least 4 members (excludes halogenated alkanes) is 9. The number of hydrogen-bond acceptors (Lipinski definition) is 2. The summed E-state index contributed by atoms with van der Waals surface area (Å²) in [5.74, 6) is 0. The van der Waals surface area contributed by atoms with E-state index in [0.29, 0.717) is 0 Å². The SMILES string of the molecule is C=C=C=C=C=C=C=C=C=C=C=Cc1c(C)sc2c1[Si](C)(C)c1c-2sc([Si](C)(C)C)c1CCCCCCCCCCCC. The lowest BCUT2D eigenvalue weighted by molar-refractivity contribution is 0.556. The van der Waals surface area contributed by atoms with Gasteiger partial charge in [-0.2, -0.15) is 0 Å². The van der Waals surface area contributed by atoms with Gasteiger partial charge in [0.2, 0.25) is 0 Å². The molecule has 0 bridgehead atoms. The highest BCUT2D eigenvalue weighted by Crippen LogP contribution is 2.41. The fourth-order valence-electron chi connectivity index (χ4n) is 5.93. The first kappa shape index (κ1) is 33.9. The van der Waals surface area contributed by atoms with Crippen molar-refractivity contribution in [3.8, 4) is 9.75 Å². The second kappa shape index (κ2) is 16.3. The van der Waals surface area contributed by atoms with Gasteiger partial charge in [-0.3, -0.25) is 0 Å². The molecule has 1 aliphatic rings. The minimum Gasteiger partial charge on any atom is -0.144 e. The molecule has 2 aromatic heterocycles. The second-order valence-electron chi connectivity index (χ2n) is 12.7. The average molecular weight is 623 g/mol. The van der Waals surface area contributed by atoms with Gasteiger partial charge >= 0.3 is 0 Å². The van der Waals surface area contributed by atoms with Crippen LogP contribution in [0.15, 0.2) is 63.9 Å². The Balaban J connectivity index is 1.87. The third-order valence-corrected chi connectivity index (χ3v) is 17.9. The lowest BCUT2D eigenvalue weighted by Gasteiger charge is -2.24. The molecule has 1 aliphatic heterocycles. The summed E-state index contributed by atoms with van der Waals surface area (Å²) in [7, 11) is -3.28. The van der Waals surface area contributed by atoms with E-state index in [1.807, 2.05) is 11.3 Å². The molecule has 0 radical (unpaired) electrons. The summed E-state index contributed by atoms with van der Waals surface area (Å²) in [6, 6.07) is 0. The maximum Gasteiger partial charge on any atom is 0.117 e. The normalized spacial score (nSPS) is 12.1. The van der Waals surface area contributed by atoms with Crippen molar-refractivity contribution in [3.63, 3.8) is 0 Å². The second-order valence-corrected chi connectivity index (χ2v) is 24.5. The van der Waals surface area contributed by atoms with E-state index in [9.17, 15) is 0 Å². The predicted molar refractivity (Wildman–Crippen MR) is 193 cm³/mol. The standard InChI is InChI=1S/C38H46S2Si2/c1-9-11-13-15-17-19-21-23-25-27-29-32-31(3)39-34-35-37(42(7,8)36(32)34)33(38(40-35)41(4,5)6)30-28-26-24-22-20-18-16-14-12-10-2/h29H,1,10,12,14,16,18,20,22,24,26,28,30H2,2-8H3. The summed E-state index contributed by atoms with van der Waals surface area (Å²) in [6.45, 7) is 20.7. The van der Waals surface area contributed by atoms with Gasteiger partial charge in [-0.1, -0.05) is 109 Å². The van der Waals surface area contributed by atoms with E-state index in [-0.39, 0.29) is 0 Å². The van der Waals surface area contributed by atoms with Crippen molar-refractivity contribution in [1.82, 2.24) is 0 Å². The molecule has 3 heterocycles. The summed E-state index contributed by atoms with van der Waals surface area (Å²) in [5, 5.41) is 3.35. The highest BCUT2D eigenvalue weighted by atomic mass is 32.1. The fourth-order valence-corrected chi connectivity index (χ4v) is 16.7. The van der Waals surface area contributed by atoms with Crippen LogP contribution in [-0.2, 0) is 6.42 Å². The first-order valence-electron chi connectivity index (χ1n) is 15.6. The molecule has 0 unspecified atom stereocenters. The number of aryl methyl sites for hydroxylation is 1. The summed E-state index contributed by atoms with van der Waals surface area (Å²) in [5.41, 5.74) is 30.4. The summed E-state index contributed by atoms with van der Waals surface area (Å²) >= 11 is 4.12. The lowest BCUT2D eigenvalue weighted by Crippen LogP contribution is -2.53.